The fourth-order valence-electron chi connectivity index (χ4n) is 3.63. The summed E-state index contributed by atoms with van der Waals surface area (Å²) < 4.78 is 34.6. The minimum atomic E-state index is -1.20. The summed E-state index contributed by atoms with van der Waals surface area (Å²) >= 11 is 0. The van der Waals surface area contributed by atoms with Crippen molar-refractivity contribution in [2.45, 2.75) is 45.6 Å². The lowest BCUT2D eigenvalue weighted by atomic mass is 9.89. The van der Waals surface area contributed by atoms with Crippen molar-refractivity contribution in [2.75, 3.05) is 6.54 Å². The second-order valence-electron chi connectivity index (χ2n) is 7.51. The summed E-state index contributed by atoms with van der Waals surface area (Å²) in [6, 6.07) is 9.97. The number of hydrogen-bond donors (Lipinski definition) is 1. The van der Waals surface area contributed by atoms with Crippen LogP contribution in [-0.4, -0.2) is 12.5 Å². The van der Waals surface area contributed by atoms with Gasteiger partial charge in [-0.15, -0.1) is 0 Å². The van der Waals surface area contributed by atoms with Gasteiger partial charge < -0.3 is 10.1 Å². The maximum Gasteiger partial charge on any atom is 0.254 e. The molecule has 0 spiro atoms. The molecule has 6 heteroatoms. The Labute approximate surface area is 169 Å². The maximum absolute atomic E-state index is 14.6. The Morgan fingerprint density at radius 1 is 1.17 bits per heavy atom. The normalized spacial score (nSPS) is 14.3. The smallest absolute Gasteiger partial charge is 0.254 e. The van der Waals surface area contributed by atoms with Crippen LogP contribution in [0.2, 0.25) is 0 Å². The van der Waals surface area contributed by atoms with Crippen molar-refractivity contribution < 1.29 is 18.3 Å². The second kappa shape index (κ2) is 9.51. The molecule has 0 heterocycles. The molecule has 0 radical (unpaired) electrons. The SMILES string of the molecule is Cc1cc(C(=O)NCC2CCCCC2)c(F)c(F)c1OCc1ccc(C#N)cc1. The number of amides is 1. The first kappa shape index (κ1) is 20.8. The highest BCUT2D eigenvalue weighted by atomic mass is 19.2. The summed E-state index contributed by atoms with van der Waals surface area (Å²) in [6.45, 7) is 2.08. The third kappa shape index (κ3) is 5.11. The Bertz CT molecular complexity index is 914. The minimum Gasteiger partial charge on any atom is -0.485 e. The van der Waals surface area contributed by atoms with Crippen molar-refractivity contribution in [2.24, 2.45) is 5.92 Å². The topological polar surface area (TPSA) is 62.1 Å². The van der Waals surface area contributed by atoms with Crippen LogP contribution in [-0.2, 0) is 6.61 Å². The molecule has 2 aromatic rings. The van der Waals surface area contributed by atoms with Gasteiger partial charge in [0.2, 0.25) is 5.82 Å². The number of carbonyl (C=O) groups excluding carboxylic acids is 1. The molecule has 1 N–H and O–H groups in total. The standard InChI is InChI=1S/C23H24F2N2O2/c1-15-11-19(23(28)27-13-17-5-3-2-4-6-17)20(24)21(25)22(15)29-14-18-9-7-16(12-26)8-10-18/h7-11,17H,2-6,13-14H2,1H3,(H,27,28). The van der Waals surface area contributed by atoms with Crippen LogP contribution in [0.4, 0.5) is 8.78 Å². The number of nitrogens with one attached hydrogen (secondary N) is 1. The molecule has 2 aromatic carbocycles. The van der Waals surface area contributed by atoms with Gasteiger partial charge in [-0.05, 0) is 55.0 Å². The van der Waals surface area contributed by atoms with E-state index in [0.717, 1.165) is 31.2 Å². The molecule has 4 nitrogen and oxygen atoms in total. The van der Waals surface area contributed by atoms with Gasteiger partial charge >= 0.3 is 0 Å². The highest BCUT2D eigenvalue weighted by Crippen LogP contribution is 2.29. The monoisotopic (exact) mass is 398 g/mol. The Hall–Kier alpha value is -2.94. The zero-order valence-corrected chi connectivity index (χ0v) is 16.4. The molecule has 1 amide bonds. The van der Waals surface area contributed by atoms with E-state index in [2.05, 4.69) is 5.32 Å². The van der Waals surface area contributed by atoms with Gasteiger partial charge in [0.25, 0.3) is 5.91 Å². The molecular weight excluding hydrogens is 374 g/mol. The van der Waals surface area contributed by atoms with Gasteiger partial charge in [0.05, 0.1) is 17.2 Å². The van der Waals surface area contributed by atoms with Crippen LogP contribution < -0.4 is 10.1 Å². The third-order valence-electron chi connectivity index (χ3n) is 5.33. The Balaban J connectivity index is 1.68. The van der Waals surface area contributed by atoms with Crippen LogP contribution in [0.5, 0.6) is 5.75 Å². The average molecular weight is 398 g/mol. The van der Waals surface area contributed by atoms with E-state index in [1.807, 2.05) is 6.07 Å². The fraction of sp³-hybridized carbons (Fsp3) is 0.391. The zero-order valence-electron chi connectivity index (χ0n) is 16.4. The van der Waals surface area contributed by atoms with Crippen molar-refractivity contribution in [3.63, 3.8) is 0 Å². The molecule has 0 aromatic heterocycles. The average Bonchev–Trinajstić information content (AvgIpc) is 2.75. The Morgan fingerprint density at radius 2 is 1.86 bits per heavy atom. The molecular formula is C23H24F2N2O2. The molecule has 0 aliphatic heterocycles. The van der Waals surface area contributed by atoms with Crippen molar-refractivity contribution in [3.05, 3.63) is 64.2 Å². The maximum atomic E-state index is 14.6. The Kier molecular flexibility index (Phi) is 6.82. The fourth-order valence-corrected chi connectivity index (χ4v) is 3.63. The van der Waals surface area contributed by atoms with E-state index < -0.39 is 17.5 Å². The first-order valence-electron chi connectivity index (χ1n) is 9.88. The van der Waals surface area contributed by atoms with Gasteiger partial charge in [0.15, 0.2) is 11.6 Å². The van der Waals surface area contributed by atoms with Crippen LogP contribution >= 0.6 is 0 Å². The predicted octanol–water partition coefficient (Wildman–Crippen LogP) is 5.03. The van der Waals surface area contributed by atoms with Gasteiger partial charge in [-0.3, -0.25) is 4.79 Å². The number of benzene rings is 2. The van der Waals surface area contributed by atoms with Gasteiger partial charge in [-0.25, -0.2) is 4.39 Å². The molecule has 0 unspecified atom stereocenters. The number of nitrogens with zero attached hydrogens (tertiary/aromatic N) is 1. The van der Waals surface area contributed by atoms with E-state index in [1.54, 1.807) is 31.2 Å². The van der Waals surface area contributed by atoms with E-state index >= 15 is 0 Å². The van der Waals surface area contributed by atoms with Crippen molar-refractivity contribution in [1.29, 1.82) is 5.26 Å². The molecule has 29 heavy (non-hydrogen) atoms. The third-order valence-corrected chi connectivity index (χ3v) is 5.33. The number of carbonyl (C=O) groups is 1. The first-order chi connectivity index (χ1) is 14.0. The minimum absolute atomic E-state index is 0.0239. The summed E-state index contributed by atoms with van der Waals surface area (Å²) in [6.07, 6.45) is 5.62. The molecule has 0 bridgehead atoms. The van der Waals surface area contributed by atoms with Gasteiger partial charge in [0, 0.05) is 6.54 Å². The van der Waals surface area contributed by atoms with Crippen molar-refractivity contribution in [3.8, 4) is 11.8 Å². The number of rotatable bonds is 6. The van der Waals surface area contributed by atoms with E-state index in [1.165, 1.54) is 12.5 Å². The number of halogens is 2. The summed E-state index contributed by atoms with van der Waals surface area (Å²) in [5, 5.41) is 11.6. The molecule has 1 saturated carbocycles. The highest BCUT2D eigenvalue weighted by molar-refractivity contribution is 5.95. The lowest BCUT2D eigenvalue weighted by Gasteiger charge is -2.22. The summed E-state index contributed by atoms with van der Waals surface area (Å²) in [4.78, 5) is 12.4. The molecule has 1 aliphatic carbocycles. The summed E-state index contributed by atoms with van der Waals surface area (Å²) in [5.74, 6) is -2.78. The van der Waals surface area contributed by atoms with Crippen LogP contribution in [0.3, 0.4) is 0 Å². The molecule has 1 fully saturated rings. The second-order valence-corrected chi connectivity index (χ2v) is 7.51. The lowest BCUT2D eigenvalue weighted by Crippen LogP contribution is -2.31. The van der Waals surface area contributed by atoms with Gasteiger partial charge in [-0.2, -0.15) is 9.65 Å². The van der Waals surface area contributed by atoms with Gasteiger partial charge in [0.1, 0.15) is 6.61 Å². The van der Waals surface area contributed by atoms with E-state index in [-0.39, 0.29) is 17.9 Å². The molecule has 3 rings (SSSR count). The largest absolute Gasteiger partial charge is 0.485 e. The van der Waals surface area contributed by atoms with Crippen molar-refractivity contribution in [1.82, 2.24) is 5.32 Å². The van der Waals surface area contributed by atoms with E-state index in [4.69, 9.17) is 10.00 Å². The quantitative estimate of drug-likeness (QED) is 0.742. The molecule has 0 atom stereocenters. The Morgan fingerprint density at radius 3 is 2.52 bits per heavy atom. The molecule has 0 saturated heterocycles. The molecule has 152 valence electrons. The van der Waals surface area contributed by atoms with E-state index in [0.29, 0.717) is 23.6 Å². The van der Waals surface area contributed by atoms with Crippen LogP contribution in [0.15, 0.2) is 30.3 Å². The number of ether oxygens (including phenoxy) is 1. The van der Waals surface area contributed by atoms with E-state index in [9.17, 15) is 13.6 Å². The summed E-state index contributed by atoms with van der Waals surface area (Å²) in [7, 11) is 0. The van der Waals surface area contributed by atoms with Gasteiger partial charge in [-0.1, -0.05) is 31.4 Å². The van der Waals surface area contributed by atoms with Crippen molar-refractivity contribution >= 4 is 5.91 Å². The number of nitriles is 1. The van der Waals surface area contributed by atoms with Crippen LogP contribution in [0.1, 0.15) is 59.2 Å². The number of hydrogen-bond acceptors (Lipinski definition) is 3. The van der Waals surface area contributed by atoms with Crippen LogP contribution in [0.25, 0.3) is 0 Å². The predicted molar refractivity (Wildman–Crippen MR) is 105 cm³/mol. The van der Waals surface area contributed by atoms with Crippen LogP contribution in [0, 0.1) is 35.8 Å². The first-order valence-corrected chi connectivity index (χ1v) is 9.88. The number of aryl methyl sites for hydroxylation is 1. The zero-order chi connectivity index (χ0) is 20.8. The molecule has 1 aliphatic rings. The lowest BCUT2D eigenvalue weighted by molar-refractivity contribution is 0.0938. The summed E-state index contributed by atoms with van der Waals surface area (Å²) in [5.41, 5.74) is 1.27. The highest BCUT2D eigenvalue weighted by Gasteiger charge is 2.23.